The quantitative estimate of drug-likeness (QED) is 0.501. The summed E-state index contributed by atoms with van der Waals surface area (Å²) >= 11 is 0. The van der Waals surface area contributed by atoms with Gasteiger partial charge in [0.25, 0.3) is 0 Å². The van der Waals surface area contributed by atoms with Crippen molar-refractivity contribution in [1.82, 2.24) is 4.98 Å². The van der Waals surface area contributed by atoms with Crippen molar-refractivity contribution in [2.45, 2.75) is 85.0 Å². The highest BCUT2D eigenvalue weighted by Gasteiger charge is 2.42. The van der Waals surface area contributed by atoms with Crippen LogP contribution >= 0.6 is 0 Å². The lowest BCUT2D eigenvalue weighted by Gasteiger charge is -2.34. The van der Waals surface area contributed by atoms with E-state index >= 15 is 0 Å². The molecule has 182 valence electrons. The Morgan fingerprint density at radius 2 is 1.82 bits per heavy atom. The van der Waals surface area contributed by atoms with E-state index < -0.39 is 35.6 Å². The topological polar surface area (TPSA) is 96.7 Å². The molecule has 0 saturated heterocycles. The second-order valence-electron chi connectivity index (χ2n) is 9.91. The lowest BCUT2D eigenvalue weighted by molar-refractivity contribution is -0.153. The van der Waals surface area contributed by atoms with Crippen molar-refractivity contribution < 1.29 is 24.5 Å². The van der Waals surface area contributed by atoms with E-state index in [0.29, 0.717) is 6.42 Å². The van der Waals surface area contributed by atoms with Crippen LogP contribution in [0.15, 0.2) is 42.3 Å². The van der Waals surface area contributed by atoms with Crippen molar-refractivity contribution in [3.63, 3.8) is 0 Å². The largest absolute Gasteiger partial charge is 0.458 e. The Balaban J connectivity index is 2.27. The molecule has 0 radical (unpaired) electrons. The highest BCUT2D eigenvalue weighted by atomic mass is 16.5. The molecule has 0 spiro atoms. The van der Waals surface area contributed by atoms with E-state index in [-0.39, 0.29) is 18.1 Å². The first-order valence-corrected chi connectivity index (χ1v) is 11.9. The number of hydrogen-bond donors (Lipinski definition) is 2. The van der Waals surface area contributed by atoms with Crippen LogP contribution in [0.5, 0.6) is 0 Å². The van der Waals surface area contributed by atoms with Gasteiger partial charge in [-0.1, -0.05) is 45.4 Å². The van der Waals surface area contributed by atoms with Gasteiger partial charge >= 0.3 is 5.97 Å². The molecule has 1 aliphatic heterocycles. The first-order valence-electron chi connectivity index (χ1n) is 11.9. The monoisotopic (exact) mass is 457 g/mol. The number of carbonyl (C=O) groups is 2. The Bertz CT molecular complexity index is 845. The molecule has 5 atom stereocenters. The minimum absolute atomic E-state index is 0.0430. The zero-order valence-electron chi connectivity index (χ0n) is 20.5. The number of aromatic nitrogens is 1. The van der Waals surface area contributed by atoms with Gasteiger partial charge in [0.05, 0.1) is 24.0 Å². The Hall–Kier alpha value is -2.31. The molecular weight excluding hydrogens is 418 g/mol. The SMILES string of the molecule is C/C1=C/C[C@@H](C=Cc2ccncc2)OC(=O)C[C@H](O)C(C)(C)C(=O)[C@H](C)[C@@H](O)[C@@H](C)CCC1. The fourth-order valence-corrected chi connectivity index (χ4v) is 4.18. The van der Waals surface area contributed by atoms with Crippen molar-refractivity contribution >= 4 is 17.8 Å². The van der Waals surface area contributed by atoms with Gasteiger partial charge in [0.2, 0.25) is 0 Å². The van der Waals surface area contributed by atoms with Crippen molar-refractivity contribution in [3.05, 3.63) is 47.8 Å². The highest BCUT2D eigenvalue weighted by molar-refractivity contribution is 5.88. The number of ether oxygens (including phenoxy) is 1. The lowest BCUT2D eigenvalue weighted by atomic mass is 9.73. The van der Waals surface area contributed by atoms with Crippen LogP contribution in [0.2, 0.25) is 0 Å². The summed E-state index contributed by atoms with van der Waals surface area (Å²) in [6.07, 6.45) is 9.50. The second-order valence-corrected chi connectivity index (χ2v) is 9.91. The summed E-state index contributed by atoms with van der Waals surface area (Å²) in [6, 6.07) is 3.73. The van der Waals surface area contributed by atoms with Crippen LogP contribution in [0.3, 0.4) is 0 Å². The predicted molar refractivity (Wildman–Crippen MR) is 129 cm³/mol. The Morgan fingerprint density at radius 1 is 1.15 bits per heavy atom. The standard InChI is InChI=1S/C27H39NO5/c1-18-7-6-8-19(2)25(31)20(3)26(32)27(4,5)23(29)17-24(30)33-22(11-9-18)12-10-21-13-15-28-16-14-21/h9-10,12-16,19-20,22-23,25,29,31H,6-8,11,17H2,1-5H3/b12-10?,18-9-/t19-,20+,22-,23-,25-/m0/s1. The van der Waals surface area contributed by atoms with E-state index in [2.05, 4.69) is 11.1 Å². The Labute approximate surface area is 197 Å². The number of esters is 1. The summed E-state index contributed by atoms with van der Waals surface area (Å²) in [7, 11) is 0. The molecule has 6 nitrogen and oxygen atoms in total. The number of aliphatic hydroxyl groups is 2. The van der Waals surface area contributed by atoms with Crippen molar-refractivity contribution in [2.75, 3.05) is 0 Å². The number of allylic oxidation sites excluding steroid dienone is 1. The predicted octanol–water partition coefficient (Wildman–Crippen LogP) is 4.51. The van der Waals surface area contributed by atoms with Gasteiger partial charge in [-0.2, -0.15) is 0 Å². The lowest BCUT2D eigenvalue weighted by Crippen LogP contribution is -2.45. The molecule has 0 bridgehead atoms. The van der Waals surface area contributed by atoms with Crippen LogP contribution in [-0.4, -0.2) is 45.3 Å². The fourth-order valence-electron chi connectivity index (χ4n) is 4.18. The summed E-state index contributed by atoms with van der Waals surface area (Å²) in [6.45, 7) is 8.95. The molecule has 0 fully saturated rings. The highest BCUT2D eigenvalue weighted by Crippen LogP contribution is 2.32. The zero-order valence-corrected chi connectivity index (χ0v) is 20.5. The maximum Gasteiger partial charge on any atom is 0.309 e. The van der Waals surface area contributed by atoms with Crippen molar-refractivity contribution in [2.24, 2.45) is 17.3 Å². The third kappa shape index (κ3) is 7.90. The summed E-state index contributed by atoms with van der Waals surface area (Å²) in [5, 5.41) is 21.5. The summed E-state index contributed by atoms with van der Waals surface area (Å²) in [5.41, 5.74) is 0.948. The van der Waals surface area contributed by atoms with E-state index in [4.69, 9.17) is 4.74 Å². The van der Waals surface area contributed by atoms with Crippen LogP contribution in [0.25, 0.3) is 6.08 Å². The Morgan fingerprint density at radius 3 is 2.48 bits per heavy atom. The maximum absolute atomic E-state index is 13.1. The summed E-state index contributed by atoms with van der Waals surface area (Å²) < 4.78 is 5.68. The van der Waals surface area contributed by atoms with E-state index in [0.717, 1.165) is 24.8 Å². The number of Topliss-reactive ketones (excluding diaryl/α,β-unsaturated/α-hetero) is 1. The van der Waals surface area contributed by atoms with Gasteiger partial charge in [0.1, 0.15) is 11.9 Å². The third-order valence-corrected chi connectivity index (χ3v) is 6.76. The molecule has 0 unspecified atom stereocenters. The van der Waals surface area contributed by atoms with Crippen LogP contribution in [0.4, 0.5) is 0 Å². The zero-order chi connectivity index (χ0) is 24.6. The molecule has 33 heavy (non-hydrogen) atoms. The van der Waals surface area contributed by atoms with Gasteiger partial charge in [0, 0.05) is 24.7 Å². The van der Waals surface area contributed by atoms with Crippen molar-refractivity contribution in [3.8, 4) is 0 Å². The van der Waals surface area contributed by atoms with Gasteiger partial charge in [-0.25, -0.2) is 0 Å². The number of cyclic esters (lactones) is 1. The number of rotatable bonds is 2. The fraction of sp³-hybridized carbons (Fsp3) is 0.593. The van der Waals surface area contributed by atoms with Crippen molar-refractivity contribution in [1.29, 1.82) is 0 Å². The molecule has 0 saturated carbocycles. The molecule has 2 rings (SSSR count). The van der Waals surface area contributed by atoms with Gasteiger partial charge in [-0.3, -0.25) is 14.6 Å². The van der Waals surface area contributed by atoms with Crippen LogP contribution in [-0.2, 0) is 14.3 Å². The number of aliphatic hydroxyl groups excluding tert-OH is 2. The molecule has 2 heterocycles. The maximum atomic E-state index is 13.1. The van der Waals surface area contributed by atoms with Gasteiger partial charge in [-0.15, -0.1) is 0 Å². The van der Waals surface area contributed by atoms with Crippen LogP contribution < -0.4 is 0 Å². The molecule has 2 N–H and O–H groups in total. The van der Waals surface area contributed by atoms with Gasteiger partial charge in [-0.05, 0) is 55.9 Å². The van der Waals surface area contributed by atoms with E-state index in [9.17, 15) is 19.8 Å². The van der Waals surface area contributed by atoms with E-state index in [1.165, 1.54) is 5.57 Å². The molecule has 0 aromatic carbocycles. The normalized spacial score (nSPS) is 32.2. The van der Waals surface area contributed by atoms with E-state index in [1.54, 1.807) is 33.2 Å². The van der Waals surface area contributed by atoms with Crippen LogP contribution in [0, 0.1) is 17.3 Å². The average Bonchev–Trinajstić information content (AvgIpc) is 2.79. The molecule has 1 aliphatic rings. The van der Waals surface area contributed by atoms with E-state index in [1.807, 2.05) is 38.1 Å². The first kappa shape index (κ1) is 26.9. The third-order valence-electron chi connectivity index (χ3n) is 6.76. The second kappa shape index (κ2) is 12.2. The number of carbonyl (C=O) groups excluding carboxylic acids is 2. The smallest absolute Gasteiger partial charge is 0.309 e. The minimum Gasteiger partial charge on any atom is -0.458 e. The molecule has 1 aromatic rings. The number of pyridine rings is 1. The molecule has 6 heteroatoms. The first-order chi connectivity index (χ1) is 15.5. The molecule has 0 aliphatic carbocycles. The number of ketones is 1. The average molecular weight is 458 g/mol. The minimum atomic E-state index is -1.21. The number of nitrogens with zero attached hydrogens (tertiary/aromatic N) is 1. The van der Waals surface area contributed by atoms with Gasteiger partial charge < -0.3 is 14.9 Å². The summed E-state index contributed by atoms with van der Waals surface area (Å²) in [5.74, 6) is -1.49. The number of hydrogen-bond acceptors (Lipinski definition) is 6. The molecular formula is C27H39NO5. The molecule has 1 aromatic heterocycles. The van der Waals surface area contributed by atoms with Gasteiger partial charge in [0.15, 0.2) is 0 Å². The summed E-state index contributed by atoms with van der Waals surface area (Å²) in [4.78, 5) is 29.8. The molecule has 0 amide bonds. The Kier molecular flexibility index (Phi) is 9.99. The van der Waals surface area contributed by atoms with Crippen LogP contribution in [0.1, 0.15) is 72.3 Å².